The fraction of sp³-hybridized carbons (Fsp3) is 0.360. The number of carbonyl (C=O) groups is 3. The zero-order chi connectivity index (χ0) is 23.3. The maximum atomic E-state index is 13.3. The number of fused-ring (bicyclic) bond motifs is 1. The van der Waals surface area contributed by atoms with Crippen molar-refractivity contribution >= 4 is 28.7 Å². The number of benzene rings is 2. The second-order valence-electron chi connectivity index (χ2n) is 9.12. The van der Waals surface area contributed by atoms with E-state index < -0.39 is 5.54 Å². The van der Waals surface area contributed by atoms with Crippen LogP contribution in [0.3, 0.4) is 0 Å². The Bertz CT molecular complexity index is 1290. The van der Waals surface area contributed by atoms with Gasteiger partial charge in [-0.1, -0.05) is 42.0 Å². The summed E-state index contributed by atoms with van der Waals surface area (Å²) in [4.78, 5) is 42.3. The molecule has 3 heterocycles. The normalized spacial score (nSPS) is 17.8. The van der Waals surface area contributed by atoms with Crippen molar-refractivity contribution in [2.75, 3.05) is 13.1 Å². The number of nitrogens with one attached hydrogen (secondary N) is 1. The summed E-state index contributed by atoms with van der Waals surface area (Å²) in [5, 5.41) is 8.19. The smallest absolute Gasteiger partial charge is 0.325 e. The standard InChI is InChI=1S/C25H27N5O3/c1-16-8-9-17(2)18(14-16)15-30-23(32)25(26-24(30)33)10-12-29(13-11-25)22(31)21-19-6-4-5-7-20(19)28(3)27-21/h4-9,14H,10-13,15H2,1-3H3,(H,26,33). The second-order valence-corrected chi connectivity index (χ2v) is 9.12. The lowest BCUT2D eigenvalue weighted by Gasteiger charge is -2.37. The third-order valence-electron chi connectivity index (χ3n) is 6.94. The zero-order valence-electron chi connectivity index (χ0n) is 19.1. The zero-order valence-corrected chi connectivity index (χ0v) is 19.1. The van der Waals surface area contributed by atoms with Crippen molar-refractivity contribution in [3.8, 4) is 0 Å². The van der Waals surface area contributed by atoms with Crippen LogP contribution in [0.2, 0.25) is 0 Å². The van der Waals surface area contributed by atoms with Gasteiger partial charge < -0.3 is 10.2 Å². The summed E-state index contributed by atoms with van der Waals surface area (Å²) >= 11 is 0. The van der Waals surface area contributed by atoms with E-state index in [9.17, 15) is 14.4 Å². The molecule has 2 aliphatic rings. The van der Waals surface area contributed by atoms with Crippen LogP contribution < -0.4 is 5.32 Å². The van der Waals surface area contributed by atoms with Crippen molar-refractivity contribution in [3.05, 3.63) is 64.8 Å². The van der Waals surface area contributed by atoms with Crippen LogP contribution in [-0.2, 0) is 18.4 Å². The van der Waals surface area contributed by atoms with Crippen LogP contribution >= 0.6 is 0 Å². The monoisotopic (exact) mass is 445 g/mol. The van der Waals surface area contributed by atoms with Crippen LogP contribution in [0, 0.1) is 13.8 Å². The highest BCUT2D eigenvalue weighted by Crippen LogP contribution is 2.32. The molecule has 2 aliphatic heterocycles. The van der Waals surface area contributed by atoms with Crippen molar-refractivity contribution in [1.29, 1.82) is 0 Å². The van der Waals surface area contributed by atoms with Crippen LogP contribution in [0.15, 0.2) is 42.5 Å². The van der Waals surface area contributed by atoms with Gasteiger partial charge in [-0.15, -0.1) is 0 Å². The molecule has 2 aromatic carbocycles. The number of aryl methyl sites for hydroxylation is 3. The lowest BCUT2D eigenvalue weighted by atomic mass is 9.87. The van der Waals surface area contributed by atoms with Gasteiger partial charge in [-0.2, -0.15) is 5.10 Å². The number of hydrogen-bond acceptors (Lipinski definition) is 4. The molecule has 8 heteroatoms. The minimum Gasteiger partial charge on any atom is -0.337 e. The van der Waals surface area contributed by atoms with Crippen molar-refractivity contribution in [1.82, 2.24) is 24.9 Å². The molecular weight excluding hydrogens is 418 g/mol. The van der Waals surface area contributed by atoms with E-state index >= 15 is 0 Å². The fourth-order valence-electron chi connectivity index (χ4n) is 4.91. The average Bonchev–Trinajstić information content (AvgIpc) is 3.26. The van der Waals surface area contributed by atoms with Gasteiger partial charge in [-0.25, -0.2) is 4.79 Å². The molecule has 170 valence electrons. The summed E-state index contributed by atoms with van der Waals surface area (Å²) in [6.07, 6.45) is 0.773. The number of amides is 4. The molecular formula is C25H27N5O3. The Balaban J connectivity index is 1.31. The summed E-state index contributed by atoms with van der Waals surface area (Å²) in [5.74, 6) is -0.352. The molecule has 2 saturated heterocycles. The first-order chi connectivity index (χ1) is 15.8. The average molecular weight is 446 g/mol. The van der Waals surface area contributed by atoms with E-state index in [1.54, 1.807) is 9.58 Å². The number of aromatic nitrogens is 2. The minimum absolute atomic E-state index is 0.148. The van der Waals surface area contributed by atoms with Crippen molar-refractivity contribution in [2.24, 2.45) is 7.05 Å². The first-order valence-corrected chi connectivity index (χ1v) is 11.2. The summed E-state index contributed by atoms with van der Waals surface area (Å²) in [5.41, 5.74) is 3.47. The number of para-hydroxylation sites is 1. The molecule has 2 fully saturated rings. The number of imide groups is 1. The SMILES string of the molecule is Cc1ccc(C)c(CN2C(=O)NC3(CCN(C(=O)c4nn(C)c5ccccc45)CC3)C2=O)c1. The van der Waals surface area contributed by atoms with Crippen LogP contribution in [0.5, 0.6) is 0 Å². The molecule has 4 amide bonds. The van der Waals surface area contributed by atoms with E-state index in [-0.39, 0.29) is 24.4 Å². The Hall–Kier alpha value is -3.68. The molecule has 3 aromatic rings. The van der Waals surface area contributed by atoms with Crippen LogP contribution in [-0.4, -0.2) is 56.1 Å². The number of hydrogen-bond donors (Lipinski definition) is 1. The Kier molecular flexibility index (Phi) is 4.96. The van der Waals surface area contributed by atoms with Gasteiger partial charge in [0.15, 0.2) is 5.69 Å². The number of piperidine rings is 1. The molecule has 0 unspecified atom stereocenters. The Morgan fingerprint density at radius 1 is 1.09 bits per heavy atom. The summed E-state index contributed by atoms with van der Waals surface area (Å²) < 4.78 is 1.71. The molecule has 1 N–H and O–H groups in total. The highest BCUT2D eigenvalue weighted by atomic mass is 16.2. The molecule has 1 aromatic heterocycles. The first kappa shape index (κ1) is 21.2. The van der Waals surface area contributed by atoms with E-state index in [1.165, 1.54) is 4.90 Å². The van der Waals surface area contributed by atoms with Gasteiger partial charge in [-0.05, 0) is 43.9 Å². The molecule has 0 bridgehead atoms. The van der Waals surface area contributed by atoms with Gasteiger partial charge in [0.25, 0.3) is 11.8 Å². The molecule has 0 saturated carbocycles. The molecule has 5 rings (SSSR count). The highest BCUT2D eigenvalue weighted by Gasteiger charge is 2.52. The third-order valence-corrected chi connectivity index (χ3v) is 6.94. The molecule has 8 nitrogen and oxygen atoms in total. The largest absolute Gasteiger partial charge is 0.337 e. The molecule has 33 heavy (non-hydrogen) atoms. The van der Waals surface area contributed by atoms with Crippen molar-refractivity contribution in [2.45, 2.75) is 38.8 Å². The second kappa shape index (κ2) is 7.72. The molecule has 0 atom stereocenters. The summed E-state index contributed by atoms with van der Waals surface area (Å²) in [6, 6.07) is 13.3. The Morgan fingerprint density at radius 3 is 2.58 bits per heavy atom. The summed E-state index contributed by atoms with van der Waals surface area (Å²) in [7, 11) is 1.82. The van der Waals surface area contributed by atoms with Gasteiger partial charge in [0.05, 0.1) is 12.1 Å². The number of nitrogens with zero attached hydrogens (tertiary/aromatic N) is 4. The number of carbonyl (C=O) groups excluding carboxylic acids is 3. The van der Waals surface area contributed by atoms with Crippen molar-refractivity contribution in [3.63, 3.8) is 0 Å². The van der Waals surface area contributed by atoms with Gasteiger partial charge in [0.2, 0.25) is 0 Å². The predicted molar refractivity (Wildman–Crippen MR) is 124 cm³/mol. The van der Waals surface area contributed by atoms with E-state index in [0.717, 1.165) is 27.6 Å². The third kappa shape index (κ3) is 3.46. The highest BCUT2D eigenvalue weighted by molar-refractivity contribution is 6.08. The lowest BCUT2D eigenvalue weighted by molar-refractivity contribution is -0.133. The molecule has 0 aliphatic carbocycles. The van der Waals surface area contributed by atoms with Gasteiger partial charge in [0.1, 0.15) is 5.54 Å². The van der Waals surface area contributed by atoms with Crippen molar-refractivity contribution < 1.29 is 14.4 Å². The van der Waals surface area contributed by atoms with Crippen LogP contribution in [0.4, 0.5) is 4.79 Å². The molecule has 1 spiro atoms. The fourth-order valence-corrected chi connectivity index (χ4v) is 4.91. The maximum Gasteiger partial charge on any atom is 0.325 e. The van der Waals surface area contributed by atoms with E-state index in [4.69, 9.17) is 0 Å². The summed E-state index contributed by atoms with van der Waals surface area (Å²) in [6.45, 7) is 4.99. The predicted octanol–water partition coefficient (Wildman–Crippen LogP) is 2.92. The molecule has 0 radical (unpaired) electrons. The van der Waals surface area contributed by atoms with Gasteiger partial charge in [-0.3, -0.25) is 19.2 Å². The van der Waals surface area contributed by atoms with E-state index in [0.29, 0.717) is 31.6 Å². The number of likely N-dealkylation sites (tertiary alicyclic amines) is 1. The number of rotatable bonds is 3. The van der Waals surface area contributed by atoms with E-state index in [1.807, 2.05) is 63.4 Å². The Morgan fingerprint density at radius 2 is 1.82 bits per heavy atom. The maximum absolute atomic E-state index is 13.3. The van der Waals surface area contributed by atoms with E-state index in [2.05, 4.69) is 10.4 Å². The minimum atomic E-state index is -0.947. The first-order valence-electron chi connectivity index (χ1n) is 11.2. The van der Waals surface area contributed by atoms with Gasteiger partial charge in [0, 0.05) is 25.5 Å². The van der Waals surface area contributed by atoms with Gasteiger partial charge >= 0.3 is 6.03 Å². The number of urea groups is 1. The Labute approximate surface area is 192 Å². The quantitative estimate of drug-likeness (QED) is 0.628. The van der Waals surface area contributed by atoms with Crippen LogP contribution in [0.25, 0.3) is 10.9 Å². The lowest BCUT2D eigenvalue weighted by Crippen LogP contribution is -2.55. The topological polar surface area (TPSA) is 87.5 Å². The van der Waals surface area contributed by atoms with Crippen LogP contribution in [0.1, 0.15) is 40.0 Å².